The third-order valence-electron chi connectivity index (χ3n) is 4.20. The number of ether oxygens (including phenoxy) is 2. The fourth-order valence-electron chi connectivity index (χ4n) is 2.98. The van der Waals surface area contributed by atoms with Gasteiger partial charge in [0.25, 0.3) is 0 Å². The summed E-state index contributed by atoms with van der Waals surface area (Å²) in [6, 6.07) is 0.189. The zero-order valence-corrected chi connectivity index (χ0v) is 15.3. The van der Waals surface area contributed by atoms with Crippen molar-refractivity contribution in [3.8, 4) is 0 Å². The lowest BCUT2D eigenvalue weighted by Gasteiger charge is -2.35. The van der Waals surface area contributed by atoms with Gasteiger partial charge < -0.3 is 19.7 Å². The highest BCUT2D eigenvalue weighted by atomic mass is 16.6. The monoisotopic (exact) mass is 336 g/mol. The number of allylic oxidation sites excluding steroid dienone is 3. The molecule has 5 heteroatoms. The van der Waals surface area contributed by atoms with Crippen LogP contribution >= 0.6 is 0 Å². The first-order valence-corrected chi connectivity index (χ1v) is 9.08. The van der Waals surface area contributed by atoms with Crippen molar-refractivity contribution in [1.82, 2.24) is 10.2 Å². The molecule has 1 aliphatic carbocycles. The highest BCUT2D eigenvalue weighted by Crippen LogP contribution is 2.16. The maximum Gasteiger partial charge on any atom is 0.410 e. The van der Waals surface area contributed by atoms with Gasteiger partial charge in [-0.2, -0.15) is 0 Å². The van der Waals surface area contributed by atoms with Crippen LogP contribution in [0.4, 0.5) is 4.79 Å². The van der Waals surface area contributed by atoms with E-state index in [0.29, 0.717) is 19.8 Å². The Hall–Kier alpha value is -1.33. The van der Waals surface area contributed by atoms with Crippen LogP contribution in [-0.4, -0.2) is 55.5 Å². The van der Waals surface area contributed by atoms with E-state index in [9.17, 15) is 4.79 Å². The zero-order chi connectivity index (χ0) is 17.4. The first kappa shape index (κ1) is 19.0. The van der Waals surface area contributed by atoms with Gasteiger partial charge in [-0.3, -0.25) is 0 Å². The average molecular weight is 336 g/mol. The normalized spacial score (nSPS) is 21.3. The number of hydrogen-bond donors (Lipinski definition) is 1. The predicted molar refractivity (Wildman–Crippen MR) is 96.1 cm³/mol. The van der Waals surface area contributed by atoms with E-state index in [1.165, 1.54) is 5.57 Å². The molecule has 0 aromatic carbocycles. The van der Waals surface area contributed by atoms with Crippen molar-refractivity contribution in [2.75, 3.05) is 32.8 Å². The summed E-state index contributed by atoms with van der Waals surface area (Å²) in [6.45, 7) is 9.33. The second-order valence-electron chi connectivity index (χ2n) is 7.52. The molecule has 0 unspecified atom stereocenters. The van der Waals surface area contributed by atoms with E-state index in [1.54, 1.807) is 0 Å². The van der Waals surface area contributed by atoms with Crippen LogP contribution in [0.1, 0.15) is 46.5 Å². The molecule has 1 fully saturated rings. The second-order valence-corrected chi connectivity index (χ2v) is 7.52. The van der Waals surface area contributed by atoms with Gasteiger partial charge in [0.1, 0.15) is 5.60 Å². The lowest BCUT2D eigenvalue weighted by Crippen LogP contribution is -2.51. The molecule has 1 heterocycles. The van der Waals surface area contributed by atoms with Crippen LogP contribution < -0.4 is 5.32 Å². The van der Waals surface area contributed by atoms with Crippen LogP contribution in [0.5, 0.6) is 0 Å². The Morgan fingerprint density at radius 3 is 2.88 bits per heavy atom. The molecule has 2 rings (SSSR count). The summed E-state index contributed by atoms with van der Waals surface area (Å²) in [4.78, 5) is 14.4. The number of amides is 1. The summed E-state index contributed by atoms with van der Waals surface area (Å²) < 4.78 is 11.4. The van der Waals surface area contributed by atoms with Gasteiger partial charge >= 0.3 is 6.09 Å². The Morgan fingerprint density at radius 2 is 2.25 bits per heavy atom. The fraction of sp³-hybridized carbons (Fsp3) is 0.737. The highest BCUT2D eigenvalue weighted by Gasteiger charge is 2.29. The van der Waals surface area contributed by atoms with Crippen molar-refractivity contribution < 1.29 is 14.3 Å². The first-order chi connectivity index (χ1) is 11.5. The Bertz CT molecular complexity index is 460. The number of piperidine rings is 1. The van der Waals surface area contributed by atoms with Crippen LogP contribution in [-0.2, 0) is 9.47 Å². The molecule has 1 aliphatic heterocycles. The van der Waals surface area contributed by atoms with Gasteiger partial charge in [0.05, 0.1) is 13.2 Å². The van der Waals surface area contributed by atoms with Gasteiger partial charge in [0, 0.05) is 19.1 Å². The molecule has 0 aromatic heterocycles. The number of nitrogens with one attached hydrogen (secondary N) is 1. The molecule has 0 spiro atoms. The maximum atomic E-state index is 12.6. The molecular weight excluding hydrogens is 304 g/mol. The molecule has 136 valence electrons. The molecule has 5 nitrogen and oxygen atoms in total. The maximum absolute atomic E-state index is 12.6. The van der Waals surface area contributed by atoms with Gasteiger partial charge in [0.2, 0.25) is 0 Å². The Balaban J connectivity index is 1.83. The van der Waals surface area contributed by atoms with E-state index in [2.05, 4.69) is 23.5 Å². The molecular formula is C19H32N2O3. The van der Waals surface area contributed by atoms with Crippen molar-refractivity contribution in [1.29, 1.82) is 0 Å². The van der Waals surface area contributed by atoms with Crippen LogP contribution in [0, 0.1) is 0 Å². The topological polar surface area (TPSA) is 50.8 Å². The SMILES string of the molecule is CC(C)(C)OC(=O)N(CCOCC1=CC=CCC1)[C@H]1CCCNC1. The minimum Gasteiger partial charge on any atom is -0.444 e. The molecule has 1 saturated heterocycles. The van der Waals surface area contributed by atoms with E-state index in [4.69, 9.17) is 9.47 Å². The predicted octanol–water partition coefficient (Wildman–Crippen LogP) is 3.27. The average Bonchev–Trinajstić information content (AvgIpc) is 2.55. The number of hydrogen-bond acceptors (Lipinski definition) is 4. The number of nitrogens with zero attached hydrogens (tertiary/aromatic N) is 1. The standard InChI is InChI=1S/C19H32N2O3/c1-19(2,3)24-18(22)21(17-10-7-11-20-14-17)12-13-23-15-16-8-5-4-6-9-16/h4-5,8,17,20H,6-7,9-15H2,1-3H3/t17-/m0/s1. The van der Waals surface area contributed by atoms with Crippen LogP contribution in [0.2, 0.25) is 0 Å². The summed E-state index contributed by atoms with van der Waals surface area (Å²) in [5, 5.41) is 3.37. The summed E-state index contributed by atoms with van der Waals surface area (Å²) in [5.74, 6) is 0. The van der Waals surface area contributed by atoms with Gasteiger partial charge in [-0.1, -0.05) is 18.2 Å². The number of carbonyl (C=O) groups is 1. The van der Waals surface area contributed by atoms with Gasteiger partial charge in [-0.15, -0.1) is 0 Å². The molecule has 1 atom stereocenters. The summed E-state index contributed by atoms with van der Waals surface area (Å²) in [7, 11) is 0. The molecule has 1 amide bonds. The minimum atomic E-state index is -0.475. The lowest BCUT2D eigenvalue weighted by atomic mass is 10.1. The molecule has 0 aromatic rings. The van der Waals surface area contributed by atoms with Crippen molar-refractivity contribution in [2.24, 2.45) is 0 Å². The summed E-state index contributed by atoms with van der Waals surface area (Å²) in [5.41, 5.74) is 0.845. The van der Waals surface area contributed by atoms with Crippen molar-refractivity contribution in [3.63, 3.8) is 0 Å². The van der Waals surface area contributed by atoms with Gasteiger partial charge in [0.15, 0.2) is 0 Å². The Labute approximate surface area is 146 Å². The quantitative estimate of drug-likeness (QED) is 0.756. The lowest BCUT2D eigenvalue weighted by molar-refractivity contribution is 0.00597. The molecule has 0 bridgehead atoms. The van der Waals surface area contributed by atoms with E-state index in [0.717, 1.165) is 38.8 Å². The van der Waals surface area contributed by atoms with E-state index >= 15 is 0 Å². The fourth-order valence-corrected chi connectivity index (χ4v) is 2.98. The number of rotatable bonds is 6. The Morgan fingerprint density at radius 1 is 1.42 bits per heavy atom. The van der Waals surface area contributed by atoms with Crippen LogP contribution in [0.15, 0.2) is 23.8 Å². The van der Waals surface area contributed by atoms with E-state index in [-0.39, 0.29) is 12.1 Å². The van der Waals surface area contributed by atoms with Crippen LogP contribution in [0.25, 0.3) is 0 Å². The zero-order valence-electron chi connectivity index (χ0n) is 15.3. The number of carbonyl (C=O) groups excluding carboxylic acids is 1. The van der Waals surface area contributed by atoms with Crippen LogP contribution in [0.3, 0.4) is 0 Å². The third-order valence-corrected chi connectivity index (χ3v) is 4.20. The van der Waals surface area contributed by atoms with Crippen molar-refractivity contribution in [3.05, 3.63) is 23.8 Å². The molecule has 2 aliphatic rings. The van der Waals surface area contributed by atoms with E-state index in [1.807, 2.05) is 25.7 Å². The van der Waals surface area contributed by atoms with Gasteiger partial charge in [-0.25, -0.2) is 4.79 Å². The second kappa shape index (κ2) is 9.23. The smallest absolute Gasteiger partial charge is 0.410 e. The largest absolute Gasteiger partial charge is 0.444 e. The molecule has 0 saturated carbocycles. The first-order valence-electron chi connectivity index (χ1n) is 9.08. The summed E-state index contributed by atoms with van der Waals surface area (Å²) in [6.07, 6.45) is 10.4. The molecule has 1 N–H and O–H groups in total. The summed E-state index contributed by atoms with van der Waals surface area (Å²) >= 11 is 0. The minimum absolute atomic E-state index is 0.189. The molecule has 0 radical (unpaired) electrons. The van der Waals surface area contributed by atoms with E-state index < -0.39 is 5.60 Å². The Kier molecular flexibility index (Phi) is 7.31. The van der Waals surface area contributed by atoms with Gasteiger partial charge in [-0.05, 0) is 58.6 Å². The van der Waals surface area contributed by atoms with Crippen molar-refractivity contribution >= 4 is 6.09 Å². The molecule has 24 heavy (non-hydrogen) atoms. The van der Waals surface area contributed by atoms with Crippen molar-refractivity contribution in [2.45, 2.75) is 58.1 Å². The third kappa shape index (κ3) is 6.65. The highest BCUT2D eigenvalue weighted by molar-refractivity contribution is 5.68.